The lowest BCUT2D eigenvalue weighted by molar-refractivity contribution is 0.00496. The quantitative estimate of drug-likeness (QED) is 0.253. The average Bonchev–Trinajstić information content (AvgIpc) is 3.08. The summed E-state index contributed by atoms with van der Waals surface area (Å²) in [6.07, 6.45) is 0. The van der Waals surface area contributed by atoms with Crippen LogP contribution in [0.3, 0.4) is 0 Å². The van der Waals surface area contributed by atoms with Crippen LogP contribution in [0.2, 0.25) is 0 Å². The zero-order valence-electron chi connectivity index (χ0n) is 26.3. The van der Waals surface area contributed by atoms with Gasteiger partial charge in [0.2, 0.25) is 0 Å². The second-order valence-electron chi connectivity index (χ2n) is 10.4. The minimum absolute atomic E-state index is 0.449. The lowest BCUT2D eigenvalue weighted by Gasteiger charge is -2.11. The summed E-state index contributed by atoms with van der Waals surface area (Å²) in [4.78, 5) is 0. The van der Waals surface area contributed by atoms with Crippen molar-refractivity contribution >= 4 is 21.5 Å². The second kappa shape index (κ2) is 19.8. The molecule has 0 N–H and O–H groups in total. The highest BCUT2D eigenvalue weighted by Crippen LogP contribution is 2.26. The molecule has 6 bridgehead atoms. The van der Waals surface area contributed by atoms with Gasteiger partial charge in [0.05, 0.1) is 79.3 Å². The van der Waals surface area contributed by atoms with E-state index in [1.807, 2.05) is 72.8 Å². The summed E-state index contributed by atoms with van der Waals surface area (Å²) in [5.41, 5.74) is 0. The van der Waals surface area contributed by atoms with Crippen molar-refractivity contribution in [2.24, 2.45) is 0 Å². The molecular weight excluding hydrogens is 592 g/mol. The molecule has 0 saturated heterocycles. The Labute approximate surface area is 270 Å². The summed E-state index contributed by atoms with van der Waals surface area (Å²) in [5.74, 6) is 3.13. The third-order valence-corrected chi connectivity index (χ3v) is 7.04. The Hall–Kier alpha value is -3.64. The summed E-state index contributed by atoms with van der Waals surface area (Å²) in [6.45, 7) is 7.62. The van der Waals surface area contributed by atoms with Gasteiger partial charge in [0.15, 0.2) is 0 Å². The van der Waals surface area contributed by atoms with Crippen molar-refractivity contribution in [1.82, 2.24) is 0 Å². The van der Waals surface area contributed by atoms with Gasteiger partial charge in [-0.05, 0) is 70.1 Å². The number of fused-ring (bicyclic) bond motifs is 4. The van der Waals surface area contributed by atoms with Gasteiger partial charge >= 0.3 is 0 Å². The summed E-state index contributed by atoms with van der Waals surface area (Å²) in [6, 6.07) is 24.0. The van der Waals surface area contributed by atoms with Gasteiger partial charge < -0.3 is 47.4 Å². The van der Waals surface area contributed by atoms with Gasteiger partial charge in [0.1, 0.15) is 49.4 Å². The van der Waals surface area contributed by atoms with Crippen LogP contribution in [0.1, 0.15) is 0 Å². The monoisotopic (exact) mass is 636 g/mol. The molecule has 0 saturated carbocycles. The van der Waals surface area contributed by atoms with E-state index in [9.17, 15) is 0 Å². The molecule has 46 heavy (non-hydrogen) atoms. The molecule has 0 aliphatic carbocycles. The number of rotatable bonds is 0. The molecule has 0 fully saturated rings. The van der Waals surface area contributed by atoms with E-state index in [0.717, 1.165) is 44.5 Å². The molecular formula is C36H44O10. The van der Waals surface area contributed by atoms with Crippen LogP contribution in [-0.2, 0) is 28.4 Å². The molecule has 1 heterocycles. The Bertz CT molecular complexity index is 1240. The third-order valence-electron chi connectivity index (χ3n) is 7.04. The van der Waals surface area contributed by atoms with Gasteiger partial charge in [-0.2, -0.15) is 0 Å². The van der Waals surface area contributed by atoms with Crippen LogP contribution >= 0.6 is 0 Å². The number of benzene rings is 4. The van der Waals surface area contributed by atoms with E-state index in [4.69, 9.17) is 47.4 Å². The zero-order valence-corrected chi connectivity index (χ0v) is 26.3. The van der Waals surface area contributed by atoms with E-state index >= 15 is 0 Å². The fourth-order valence-corrected chi connectivity index (χ4v) is 4.72. The maximum atomic E-state index is 5.88. The first-order valence-electron chi connectivity index (χ1n) is 15.9. The highest BCUT2D eigenvalue weighted by molar-refractivity contribution is 5.86. The van der Waals surface area contributed by atoms with E-state index in [2.05, 4.69) is 0 Å². The standard InChI is InChI=1S/C36H44O10/c1-5-33-25-31-26-34(6-2-29(1)31)44-22-18-40-14-10-38-12-16-42-20-24-46-36-8-4-30-3-7-35(27-32(30)28-36)45-23-19-41-15-11-37-9-13-39-17-21-43-33/h1-8,25-28H,9-24H2. The third kappa shape index (κ3) is 11.9. The molecule has 1 aliphatic rings. The van der Waals surface area contributed by atoms with Gasteiger partial charge in [0, 0.05) is 0 Å². The maximum absolute atomic E-state index is 5.88. The second-order valence-corrected chi connectivity index (χ2v) is 10.4. The first-order chi connectivity index (χ1) is 22.8. The first-order valence-corrected chi connectivity index (χ1v) is 15.9. The first kappa shape index (κ1) is 33.7. The average molecular weight is 637 g/mol. The zero-order chi connectivity index (χ0) is 31.5. The van der Waals surface area contributed by atoms with Crippen LogP contribution in [0.15, 0.2) is 72.8 Å². The van der Waals surface area contributed by atoms with Crippen LogP contribution < -0.4 is 18.9 Å². The van der Waals surface area contributed by atoms with Crippen LogP contribution in [0, 0.1) is 0 Å². The van der Waals surface area contributed by atoms with Gasteiger partial charge in [-0.3, -0.25) is 0 Å². The van der Waals surface area contributed by atoms with Gasteiger partial charge in [-0.25, -0.2) is 0 Å². The van der Waals surface area contributed by atoms with Crippen LogP contribution in [-0.4, -0.2) is 106 Å². The molecule has 4 aromatic carbocycles. The van der Waals surface area contributed by atoms with E-state index in [1.54, 1.807) is 0 Å². The van der Waals surface area contributed by atoms with Gasteiger partial charge in [0.25, 0.3) is 0 Å². The molecule has 0 unspecified atom stereocenters. The fraction of sp³-hybridized carbons (Fsp3) is 0.444. The molecule has 10 heteroatoms. The van der Waals surface area contributed by atoms with Crippen LogP contribution in [0.5, 0.6) is 23.0 Å². The molecule has 5 rings (SSSR count). The van der Waals surface area contributed by atoms with Crippen molar-refractivity contribution in [3.05, 3.63) is 72.8 Å². The SMILES string of the molecule is c1cc2ccc3cc2cc1OCCOCCOCCOCCOc1ccc2ccc(cc2c1)OCCOCCOCCOCCO3. The Morgan fingerprint density at radius 2 is 0.457 bits per heavy atom. The van der Waals surface area contributed by atoms with Crippen LogP contribution in [0.4, 0.5) is 0 Å². The summed E-state index contributed by atoms with van der Waals surface area (Å²) in [5, 5.41) is 4.31. The molecule has 1 aliphatic heterocycles. The van der Waals surface area contributed by atoms with Crippen molar-refractivity contribution in [2.45, 2.75) is 0 Å². The predicted octanol–water partition coefficient (Wildman–Crippen LogP) is 5.32. The van der Waals surface area contributed by atoms with Crippen molar-refractivity contribution < 1.29 is 47.4 Å². The van der Waals surface area contributed by atoms with Crippen LogP contribution in [0.25, 0.3) is 21.5 Å². The minimum atomic E-state index is 0.449. The smallest absolute Gasteiger partial charge is 0.120 e. The molecule has 10 nitrogen and oxygen atoms in total. The topological polar surface area (TPSA) is 92.3 Å². The minimum Gasteiger partial charge on any atom is -0.491 e. The van der Waals surface area contributed by atoms with Gasteiger partial charge in [-0.1, -0.05) is 24.3 Å². The predicted molar refractivity (Wildman–Crippen MR) is 175 cm³/mol. The highest BCUT2D eigenvalue weighted by atomic mass is 16.6. The fourth-order valence-electron chi connectivity index (χ4n) is 4.72. The van der Waals surface area contributed by atoms with E-state index in [1.165, 1.54) is 0 Å². The molecule has 0 amide bonds. The molecule has 0 spiro atoms. The molecule has 0 aromatic heterocycles. The van der Waals surface area contributed by atoms with E-state index in [0.29, 0.717) is 106 Å². The number of hydrogen-bond acceptors (Lipinski definition) is 10. The molecule has 248 valence electrons. The highest BCUT2D eigenvalue weighted by Gasteiger charge is 2.04. The number of ether oxygens (including phenoxy) is 10. The molecule has 4 aromatic rings. The van der Waals surface area contributed by atoms with Gasteiger partial charge in [-0.15, -0.1) is 0 Å². The Kier molecular flexibility index (Phi) is 14.5. The van der Waals surface area contributed by atoms with E-state index in [-0.39, 0.29) is 0 Å². The van der Waals surface area contributed by atoms with Crippen molar-refractivity contribution in [3.8, 4) is 23.0 Å². The van der Waals surface area contributed by atoms with Crippen molar-refractivity contribution in [2.75, 3.05) is 106 Å². The largest absolute Gasteiger partial charge is 0.491 e. The van der Waals surface area contributed by atoms with Crippen molar-refractivity contribution in [1.29, 1.82) is 0 Å². The summed E-state index contributed by atoms with van der Waals surface area (Å²) < 4.78 is 57.3. The Balaban J connectivity index is 1.05. The lowest BCUT2D eigenvalue weighted by Crippen LogP contribution is -2.14. The normalized spacial score (nSPS) is 18.1. The number of hydrogen-bond donors (Lipinski definition) is 0. The Morgan fingerprint density at radius 3 is 0.696 bits per heavy atom. The maximum Gasteiger partial charge on any atom is 0.120 e. The summed E-state index contributed by atoms with van der Waals surface area (Å²) >= 11 is 0. The molecule has 0 radical (unpaired) electrons. The molecule has 0 atom stereocenters. The lowest BCUT2D eigenvalue weighted by atomic mass is 10.1. The van der Waals surface area contributed by atoms with Crippen molar-refractivity contribution in [3.63, 3.8) is 0 Å². The summed E-state index contributed by atoms with van der Waals surface area (Å²) in [7, 11) is 0. The Morgan fingerprint density at radius 1 is 0.239 bits per heavy atom. The van der Waals surface area contributed by atoms with E-state index < -0.39 is 0 Å².